The van der Waals surface area contributed by atoms with Gasteiger partial charge >= 0.3 is 5.97 Å². The first kappa shape index (κ1) is 20.3. The zero-order valence-corrected chi connectivity index (χ0v) is 16.2. The molecule has 152 valence electrons. The molecular weight excluding hydrogens is 376 g/mol. The van der Waals surface area contributed by atoms with Gasteiger partial charge in [0.1, 0.15) is 5.76 Å². The number of nitrogens with zero attached hydrogens (tertiary/aromatic N) is 1. The molecule has 8 heteroatoms. The average molecular weight is 398 g/mol. The summed E-state index contributed by atoms with van der Waals surface area (Å²) in [5, 5.41) is 2.62. The van der Waals surface area contributed by atoms with Crippen LogP contribution in [0.25, 0.3) is 0 Å². The Morgan fingerprint density at radius 1 is 1.28 bits per heavy atom. The molecule has 0 spiro atoms. The normalized spacial score (nSPS) is 17.1. The maximum Gasteiger partial charge on any atom is 0.312 e. The number of ether oxygens (including phenoxy) is 1. The first-order valence-corrected chi connectivity index (χ1v) is 9.26. The van der Waals surface area contributed by atoms with Crippen LogP contribution in [0.15, 0.2) is 47.1 Å². The molecule has 1 aromatic carbocycles. The first-order chi connectivity index (χ1) is 13.8. The Balaban J connectivity index is 1.53. The van der Waals surface area contributed by atoms with E-state index in [4.69, 9.17) is 9.15 Å². The van der Waals surface area contributed by atoms with Gasteiger partial charge in [0.2, 0.25) is 5.91 Å². The van der Waals surface area contributed by atoms with E-state index in [1.54, 1.807) is 36.4 Å². The Kier molecular flexibility index (Phi) is 6.11. The van der Waals surface area contributed by atoms with Crippen molar-refractivity contribution in [3.63, 3.8) is 0 Å². The molecule has 3 rings (SSSR count). The number of benzene rings is 1. The van der Waals surface area contributed by atoms with E-state index in [9.17, 15) is 19.2 Å². The molecule has 8 nitrogen and oxygen atoms in total. The van der Waals surface area contributed by atoms with Crippen molar-refractivity contribution >= 4 is 29.3 Å². The molecule has 0 unspecified atom stereocenters. The molecule has 1 aliphatic rings. The molecule has 1 fully saturated rings. The summed E-state index contributed by atoms with van der Waals surface area (Å²) in [5.41, 5.74) is 0.903. The zero-order valence-electron chi connectivity index (χ0n) is 16.2. The van der Waals surface area contributed by atoms with Crippen LogP contribution in [0.2, 0.25) is 0 Å². The third-order valence-corrected chi connectivity index (χ3v) is 4.67. The lowest BCUT2D eigenvalue weighted by Crippen LogP contribution is -2.33. The van der Waals surface area contributed by atoms with E-state index in [1.807, 2.05) is 0 Å². The van der Waals surface area contributed by atoms with E-state index in [1.165, 1.54) is 25.0 Å². The highest BCUT2D eigenvalue weighted by Gasteiger charge is 2.36. The third-order valence-electron chi connectivity index (χ3n) is 4.67. The summed E-state index contributed by atoms with van der Waals surface area (Å²) < 4.78 is 10.5. The van der Waals surface area contributed by atoms with Crippen LogP contribution in [0.3, 0.4) is 0 Å². The van der Waals surface area contributed by atoms with Crippen molar-refractivity contribution in [3.8, 4) is 0 Å². The monoisotopic (exact) mass is 398 g/mol. The predicted octanol–water partition coefficient (Wildman–Crippen LogP) is 2.40. The van der Waals surface area contributed by atoms with Gasteiger partial charge < -0.3 is 19.4 Å². The average Bonchev–Trinajstić information content (AvgIpc) is 3.32. The third kappa shape index (κ3) is 5.10. The summed E-state index contributed by atoms with van der Waals surface area (Å²) in [6.07, 6.45) is 0.514. The van der Waals surface area contributed by atoms with E-state index in [0.29, 0.717) is 17.0 Å². The number of ketones is 1. The van der Waals surface area contributed by atoms with Crippen molar-refractivity contribution in [1.29, 1.82) is 0 Å². The van der Waals surface area contributed by atoms with Crippen LogP contribution in [0, 0.1) is 5.92 Å². The molecule has 0 radical (unpaired) electrons. The highest BCUT2D eigenvalue weighted by Crippen LogP contribution is 2.22. The standard InChI is InChI=1S/C21H22N2O6/c1-13(24)15-5-3-6-17(9-15)22-20(26)14(2)29-21(27)16-10-19(25)23(11-16)12-18-7-4-8-28-18/h3-9,14,16H,10-12H2,1-2H3,(H,22,26)/t14-,16-/m0/s1. The number of hydrogen-bond acceptors (Lipinski definition) is 6. The second kappa shape index (κ2) is 8.72. The second-order valence-corrected chi connectivity index (χ2v) is 6.96. The molecule has 2 atom stereocenters. The van der Waals surface area contributed by atoms with E-state index in [-0.39, 0.29) is 31.2 Å². The quantitative estimate of drug-likeness (QED) is 0.567. The van der Waals surface area contributed by atoms with Gasteiger partial charge in [-0.15, -0.1) is 0 Å². The highest BCUT2D eigenvalue weighted by molar-refractivity contribution is 5.98. The minimum atomic E-state index is -1.04. The van der Waals surface area contributed by atoms with Crippen molar-refractivity contribution in [2.24, 2.45) is 5.92 Å². The summed E-state index contributed by atoms with van der Waals surface area (Å²) in [5.74, 6) is -1.40. The van der Waals surface area contributed by atoms with Crippen LogP contribution in [0.1, 0.15) is 36.4 Å². The van der Waals surface area contributed by atoms with Crippen LogP contribution < -0.4 is 5.32 Å². The number of amides is 2. The lowest BCUT2D eigenvalue weighted by Gasteiger charge is -2.17. The molecule has 2 amide bonds. The number of anilines is 1. The van der Waals surface area contributed by atoms with Crippen LogP contribution in [-0.4, -0.2) is 41.1 Å². The van der Waals surface area contributed by atoms with Gasteiger partial charge in [-0.25, -0.2) is 0 Å². The molecule has 2 heterocycles. The van der Waals surface area contributed by atoms with Crippen molar-refractivity contribution in [3.05, 3.63) is 54.0 Å². The number of furan rings is 1. The number of hydrogen-bond donors (Lipinski definition) is 1. The molecule has 0 bridgehead atoms. The molecule has 0 saturated carbocycles. The number of Topliss-reactive ketones (excluding diaryl/α,β-unsaturated/α-hetero) is 1. The first-order valence-electron chi connectivity index (χ1n) is 9.26. The predicted molar refractivity (Wildman–Crippen MR) is 103 cm³/mol. The Labute approximate surface area is 167 Å². The largest absolute Gasteiger partial charge is 0.467 e. The van der Waals surface area contributed by atoms with E-state index in [2.05, 4.69) is 5.32 Å². The van der Waals surface area contributed by atoms with Crippen molar-refractivity contribution in [2.75, 3.05) is 11.9 Å². The minimum absolute atomic E-state index is 0.0362. The van der Waals surface area contributed by atoms with Gasteiger partial charge in [0.15, 0.2) is 11.9 Å². The Morgan fingerprint density at radius 2 is 2.07 bits per heavy atom. The fraction of sp³-hybridized carbons (Fsp3) is 0.333. The summed E-state index contributed by atoms with van der Waals surface area (Å²) in [6, 6.07) is 9.98. The van der Waals surface area contributed by atoms with Gasteiger partial charge in [0.05, 0.1) is 18.7 Å². The number of rotatable bonds is 7. The maximum atomic E-state index is 12.4. The molecule has 2 aromatic rings. The highest BCUT2D eigenvalue weighted by atomic mass is 16.5. The zero-order chi connectivity index (χ0) is 21.0. The number of likely N-dealkylation sites (tertiary alicyclic amines) is 1. The Hall–Kier alpha value is -3.42. The lowest BCUT2D eigenvalue weighted by molar-refractivity contribution is -0.157. The van der Waals surface area contributed by atoms with Crippen LogP contribution >= 0.6 is 0 Å². The van der Waals surface area contributed by atoms with Crippen molar-refractivity contribution < 1.29 is 28.3 Å². The summed E-state index contributed by atoms with van der Waals surface area (Å²) in [7, 11) is 0. The smallest absolute Gasteiger partial charge is 0.312 e. The van der Waals surface area contributed by atoms with Crippen LogP contribution in [0.4, 0.5) is 5.69 Å². The van der Waals surface area contributed by atoms with Gasteiger partial charge in [-0.05, 0) is 38.1 Å². The van der Waals surface area contributed by atoms with E-state index >= 15 is 0 Å². The molecule has 0 aliphatic carbocycles. The molecule has 1 aromatic heterocycles. The Morgan fingerprint density at radius 3 is 2.76 bits per heavy atom. The van der Waals surface area contributed by atoms with Crippen molar-refractivity contribution in [2.45, 2.75) is 32.9 Å². The number of carbonyl (C=O) groups is 4. The van der Waals surface area contributed by atoms with Gasteiger partial charge in [-0.1, -0.05) is 12.1 Å². The number of nitrogens with one attached hydrogen (secondary N) is 1. The molecule has 1 N–H and O–H groups in total. The van der Waals surface area contributed by atoms with Gasteiger partial charge in [0.25, 0.3) is 5.91 Å². The van der Waals surface area contributed by atoms with Gasteiger partial charge in [0, 0.05) is 24.2 Å². The van der Waals surface area contributed by atoms with Gasteiger partial charge in [-0.3, -0.25) is 19.2 Å². The lowest BCUT2D eigenvalue weighted by atomic mass is 10.1. The Bertz CT molecular complexity index is 921. The van der Waals surface area contributed by atoms with Crippen LogP contribution in [0.5, 0.6) is 0 Å². The fourth-order valence-corrected chi connectivity index (χ4v) is 3.06. The van der Waals surface area contributed by atoms with E-state index in [0.717, 1.165) is 0 Å². The van der Waals surface area contributed by atoms with Gasteiger partial charge in [-0.2, -0.15) is 0 Å². The fourth-order valence-electron chi connectivity index (χ4n) is 3.06. The molecule has 1 saturated heterocycles. The summed E-state index contributed by atoms with van der Waals surface area (Å²) in [4.78, 5) is 49.8. The van der Waals surface area contributed by atoms with E-state index < -0.39 is 23.9 Å². The van der Waals surface area contributed by atoms with Crippen LogP contribution in [-0.2, 0) is 25.7 Å². The number of esters is 1. The molecular formula is C21H22N2O6. The topological polar surface area (TPSA) is 106 Å². The molecule has 1 aliphatic heterocycles. The SMILES string of the molecule is CC(=O)c1cccc(NC(=O)[C@H](C)OC(=O)[C@H]2CC(=O)N(Cc3ccco3)C2)c1. The second-order valence-electron chi connectivity index (χ2n) is 6.96. The minimum Gasteiger partial charge on any atom is -0.467 e. The summed E-state index contributed by atoms with van der Waals surface area (Å²) in [6.45, 7) is 3.40. The summed E-state index contributed by atoms with van der Waals surface area (Å²) >= 11 is 0. The molecule has 29 heavy (non-hydrogen) atoms. The maximum absolute atomic E-state index is 12.4. The number of carbonyl (C=O) groups excluding carboxylic acids is 4. The van der Waals surface area contributed by atoms with Crippen molar-refractivity contribution in [1.82, 2.24) is 4.90 Å².